The third kappa shape index (κ3) is 1.53. The van der Waals surface area contributed by atoms with Crippen LogP contribution in [0.25, 0.3) is 38.5 Å². The van der Waals surface area contributed by atoms with Crippen LogP contribution in [0.4, 0.5) is 0 Å². The van der Waals surface area contributed by atoms with Crippen LogP contribution in [-0.2, 0) is 11.3 Å². The molecule has 0 radical (unpaired) electrons. The molecule has 4 heterocycles. The second-order valence-corrected chi connectivity index (χ2v) is 6.65. The molecule has 0 unspecified atom stereocenters. The molecule has 7 heteroatoms. The summed E-state index contributed by atoms with van der Waals surface area (Å²) in [5.41, 5.74) is 6.44. The molecule has 0 spiro atoms. The van der Waals surface area contributed by atoms with Gasteiger partial charge in [0.15, 0.2) is 11.0 Å². The molecular formula is C19H14BN3O3+2. The van der Waals surface area contributed by atoms with Gasteiger partial charge in [-0.3, -0.25) is 5.26 Å². The van der Waals surface area contributed by atoms with Gasteiger partial charge < -0.3 is 5.02 Å². The van der Waals surface area contributed by atoms with Crippen LogP contribution in [0.15, 0.2) is 60.8 Å². The van der Waals surface area contributed by atoms with Crippen LogP contribution in [-0.4, -0.2) is 21.9 Å². The minimum Gasteiger partial charge on any atom is -0.359 e. The highest BCUT2D eigenvalue weighted by molar-refractivity contribution is 6.32. The summed E-state index contributed by atoms with van der Waals surface area (Å²) >= 11 is 0. The Bertz CT molecular complexity index is 1380. The highest BCUT2D eigenvalue weighted by Crippen LogP contribution is 2.35. The minimum absolute atomic E-state index is 0.813. The zero-order valence-corrected chi connectivity index (χ0v) is 13.7. The zero-order chi connectivity index (χ0) is 17.4. The molecule has 1 aliphatic heterocycles. The van der Waals surface area contributed by atoms with E-state index in [4.69, 9.17) is 5.26 Å². The van der Waals surface area contributed by atoms with E-state index in [9.17, 15) is 5.02 Å². The fourth-order valence-electron chi connectivity index (χ4n) is 4.45. The first-order chi connectivity index (χ1) is 12.8. The minimum atomic E-state index is -1.47. The molecule has 0 aliphatic carbocycles. The molecule has 6 rings (SSSR count). The van der Waals surface area contributed by atoms with Crippen LogP contribution in [0.1, 0.15) is 5.56 Å². The molecule has 0 saturated carbocycles. The van der Waals surface area contributed by atoms with E-state index in [0.29, 0.717) is 0 Å². The molecule has 0 amide bonds. The van der Waals surface area contributed by atoms with Crippen LogP contribution in [0, 0.1) is 0 Å². The number of rotatable bonds is 2. The van der Waals surface area contributed by atoms with Crippen LogP contribution in [0.3, 0.4) is 0 Å². The van der Waals surface area contributed by atoms with Crippen molar-refractivity contribution in [2.45, 2.75) is 6.54 Å². The second kappa shape index (κ2) is 4.79. The maximum absolute atomic E-state index is 10.2. The van der Waals surface area contributed by atoms with Crippen molar-refractivity contribution in [1.82, 2.24) is 4.40 Å². The summed E-state index contributed by atoms with van der Waals surface area (Å²) in [6.07, 6.45) is 1.71. The number of hydrogen-bond acceptors (Lipinski definition) is 3. The van der Waals surface area contributed by atoms with E-state index in [1.54, 1.807) is 10.7 Å². The predicted molar refractivity (Wildman–Crippen MR) is 96.5 cm³/mol. The summed E-state index contributed by atoms with van der Waals surface area (Å²) in [7, 11) is -1.47. The van der Waals surface area contributed by atoms with Gasteiger partial charge in [0.25, 0.3) is 5.65 Å². The summed E-state index contributed by atoms with van der Waals surface area (Å²) < 4.78 is 6.11. The first-order valence-corrected chi connectivity index (χ1v) is 8.48. The molecule has 0 fully saturated rings. The summed E-state index contributed by atoms with van der Waals surface area (Å²) in [4.78, 5) is 4.22. The molecule has 2 N–H and O–H groups in total. The number of para-hydroxylation sites is 2. The SMILES string of the molecule is OOB(O)[n+]1cccc2c1c1cccc3c1c1n2c2ccccc2[n+]1C3. The lowest BCUT2D eigenvalue weighted by Gasteiger charge is -2.05. The van der Waals surface area contributed by atoms with Crippen molar-refractivity contribution in [3.8, 4) is 0 Å². The van der Waals surface area contributed by atoms with Crippen molar-refractivity contribution in [2.24, 2.45) is 0 Å². The highest BCUT2D eigenvalue weighted by atomic mass is 17.1. The van der Waals surface area contributed by atoms with Crippen molar-refractivity contribution in [2.75, 3.05) is 0 Å². The average molecular weight is 343 g/mol. The van der Waals surface area contributed by atoms with E-state index in [1.807, 2.05) is 24.3 Å². The molecule has 0 bridgehead atoms. The van der Waals surface area contributed by atoms with Crippen molar-refractivity contribution in [1.29, 1.82) is 0 Å². The molecule has 3 aromatic heterocycles. The van der Waals surface area contributed by atoms with E-state index in [-0.39, 0.29) is 0 Å². The number of hydrogen-bond donors (Lipinski definition) is 2. The molecule has 2 aromatic carbocycles. The lowest BCUT2D eigenvalue weighted by molar-refractivity contribution is -0.631. The Morgan fingerprint density at radius 3 is 2.73 bits per heavy atom. The van der Waals surface area contributed by atoms with Gasteiger partial charge in [-0.15, -0.1) is 0 Å². The number of benzene rings is 2. The maximum atomic E-state index is 10.2. The number of nitrogens with zero attached hydrogens (tertiary/aromatic N) is 3. The lowest BCUT2D eigenvalue weighted by atomic mass is 10.0. The summed E-state index contributed by atoms with van der Waals surface area (Å²) in [5.74, 6) is 0. The van der Waals surface area contributed by atoms with Gasteiger partial charge in [-0.2, -0.15) is 9.21 Å². The van der Waals surface area contributed by atoms with Gasteiger partial charge in [-0.05, 0) is 24.3 Å². The highest BCUT2D eigenvalue weighted by Gasteiger charge is 2.39. The van der Waals surface area contributed by atoms with Crippen molar-refractivity contribution < 1.29 is 24.1 Å². The second-order valence-electron chi connectivity index (χ2n) is 6.65. The quantitative estimate of drug-likeness (QED) is 0.165. The topological polar surface area (TPSA) is 61.9 Å². The van der Waals surface area contributed by atoms with Gasteiger partial charge in [0.1, 0.15) is 12.7 Å². The third-order valence-electron chi connectivity index (χ3n) is 5.41. The lowest BCUT2D eigenvalue weighted by Crippen LogP contribution is -2.53. The van der Waals surface area contributed by atoms with E-state index in [1.165, 1.54) is 16.5 Å². The van der Waals surface area contributed by atoms with Crippen LogP contribution in [0.5, 0.6) is 0 Å². The molecule has 6 nitrogen and oxygen atoms in total. The monoisotopic (exact) mass is 343 g/mol. The Morgan fingerprint density at radius 1 is 1.00 bits per heavy atom. The first kappa shape index (κ1) is 14.2. The molecular weight excluding hydrogens is 329 g/mol. The van der Waals surface area contributed by atoms with Crippen LogP contribution < -0.4 is 9.05 Å². The standard InChI is InChI=1S/C19H13BN3O3/c24-20(26-25)22-10-4-9-16-18(22)13-6-3-5-12-11-21-14-7-1-2-8-15(14)23(16)19(21)17(12)13/h1-10,24H,11H2/q+1/p+1. The fraction of sp³-hybridized carbons (Fsp3) is 0.0526. The van der Waals surface area contributed by atoms with Crippen molar-refractivity contribution in [3.05, 3.63) is 66.4 Å². The summed E-state index contributed by atoms with van der Waals surface area (Å²) in [6, 6.07) is 18.4. The van der Waals surface area contributed by atoms with E-state index < -0.39 is 7.25 Å². The number of aromatic nitrogens is 3. The number of pyridine rings is 2. The predicted octanol–water partition coefficient (Wildman–Crippen LogP) is 1.65. The van der Waals surface area contributed by atoms with Gasteiger partial charge in [0.2, 0.25) is 11.0 Å². The fourth-order valence-corrected chi connectivity index (χ4v) is 4.45. The number of fused-ring (bicyclic) bond motifs is 6. The molecule has 0 saturated heterocycles. The van der Waals surface area contributed by atoms with Gasteiger partial charge in [-0.25, -0.2) is 9.05 Å². The van der Waals surface area contributed by atoms with Gasteiger partial charge in [-0.1, -0.05) is 24.3 Å². The average Bonchev–Trinajstić information content (AvgIpc) is 3.22. The first-order valence-electron chi connectivity index (χ1n) is 8.48. The molecule has 26 heavy (non-hydrogen) atoms. The number of imidazole rings is 1. The zero-order valence-electron chi connectivity index (χ0n) is 13.7. The van der Waals surface area contributed by atoms with Gasteiger partial charge in [0, 0.05) is 11.6 Å². The summed E-state index contributed by atoms with van der Waals surface area (Å²) in [5, 5.41) is 21.4. The Balaban J connectivity index is 2.00. The maximum Gasteiger partial charge on any atom is 0.875 e. The molecule has 0 atom stereocenters. The Kier molecular flexibility index (Phi) is 2.62. The molecule has 1 aliphatic rings. The molecule has 5 aromatic rings. The van der Waals surface area contributed by atoms with E-state index in [0.717, 1.165) is 34.1 Å². The van der Waals surface area contributed by atoms with Gasteiger partial charge >= 0.3 is 7.25 Å². The Hall–Kier alpha value is -3.00. The van der Waals surface area contributed by atoms with Crippen molar-refractivity contribution in [3.63, 3.8) is 0 Å². The van der Waals surface area contributed by atoms with Crippen molar-refractivity contribution >= 4 is 45.7 Å². The smallest absolute Gasteiger partial charge is 0.359 e. The summed E-state index contributed by atoms with van der Waals surface area (Å²) in [6.45, 7) is 0.819. The molecule has 124 valence electrons. The Morgan fingerprint density at radius 2 is 1.85 bits per heavy atom. The van der Waals surface area contributed by atoms with E-state index in [2.05, 4.69) is 44.1 Å². The van der Waals surface area contributed by atoms with E-state index >= 15 is 0 Å². The van der Waals surface area contributed by atoms with Crippen LogP contribution in [0.2, 0.25) is 0 Å². The largest absolute Gasteiger partial charge is 0.875 e. The third-order valence-corrected chi connectivity index (χ3v) is 5.41. The Labute approximate surface area is 147 Å². The normalized spacial score (nSPS) is 13.0. The van der Waals surface area contributed by atoms with Gasteiger partial charge in [0.05, 0.1) is 10.8 Å². The van der Waals surface area contributed by atoms with Crippen LogP contribution >= 0.6 is 0 Å².